The quantitative estimate of drug-likeness (QED) is 0.677. The van der Waals surface area contributed by atoms with Crippen LogP contribution in [-0.2, 0) is 19.2 Å². The van der Waals surface area contributed by atoms with Crippen molar-refractivity contribution in [3.8, 4) is 0 Å². The second-order valence-corrected chi connectivity index (χ2v) is 4.24. The molecule has 0 bridgehead atoms. The molecule has 0 saturated carbocycles. The van der Waals surface area contributed by atoms with Crippen molar-refractivity contribution in [3.63, 3.8) is 0 Å². The van der Waals surface area contributed by atoms with Crippen LogP contribution >= 0.6 is 0 Å². The SMILES string of the molecule is CCC1CC(CC)C(=O)C(=O)C(=O)C=CC1=O. The fourth-order valence-corrected chi connectivity index (χ4v) is 1.96. The van der Waals surface area contributed by atoms with Crippen LogP contribution in [0, 0.1) is 11.8 Å². The minimum atomic E-state index is -1.00. The maximum atomic E-state index is 11.7. The monoisotopic (exact) mass is 236 g/mol. The largest absolute Gasteiger partial charge is 0.295 e. The Morgan fingerprint density at radius 2 is 1.59 bits per heavy atom. The number of hydrogen-bond acceptors (Lipinski definition) is 4. The lowest BCUT2D eigenvalue weighted by Gasteiger charge is -2.16. The fourth-order valence-electron chi connectivity index (χ4n) is 1.96. The van der Waals surface area contributed by atoms with E-state index in [-0.39, 0.29) is 11.7 Å². The highest BCUT2D eigenvalue weighted by atomic mass is 16.2. The zero-order chi connectivity index (χ0) is 13.0. The summed E-state index contributed by atoms with van der Waals surface area (Å²) in [5.74, 6) is -3.52. The van der Waals surface area contributed by atoms with Crippen LogP contribution in [0.15, 0.2) is 12.2 Å². The van der Waals surface area contributed by atoms with E-state index in [1.807, 2.05) is 6.92 Å². The number of Topliss-reactive ketones (excluding diaryl/α,β-unsaturated/α-hetero) is 2. The summed E-state index contributed by atoms with van der Waals surface area (Å²) in [6.45, 7) is 3.64. The lowest BCUT2D eigenvalue weighted by atomic mass is 9.85. The molecule has 92 valence electrons. The third kappa shape index (κ3) is 2.96. The van der Waals surface area contributed by atoms with Gasteiger partial charge in [0.1, 0.15) is 0 Å². The predicted molar refractivity (Wildman–Crippen MR) is 61.3 cm³/mol. The van der Waals surface area contributed by atoms with Crippen LogP contribution in [0.5, 0.6) is 0 Å². The number of hydrogen-bond donors (Lipinski definition) is 0. The molecule has 0 saturated heterocycles. The van der Waals surface area contributed by atoms with E-state index in [0.717, 1.165) is 12.2 Å². The molecule has 0 heterocycles. The number of allylic oxidation sites excluding steroid dienone is 2. The molecule has 1 rings (SSSR count). The van der Waals surface area contributed by atoms with E-state index in [2.05, 4.69) is 0 Å². The van der Waals surface area contributed by atoms with Gasteiger partial charge in [-0.1, -0.05) is 13.8 Å². The summed E-state index contributed by atoms with van der Waals surface area (Å²) in [5.41, 5.74) is 0. The molecule has 0 amide bonds. The van der Waals surface area contributed by atoms with Crippen molar-refractivity contribution in [2.75, 3.05) is 0 Å². The normalized spacial score (nSPS) is 26.7. The minimum Gasteiger partial charge on any atom is -0.295 e. The minimum absolute atomic E-state index is 0.179. The van der Waals surface area contributed by atoms with Crippen molar-refractivity contribution in [1.82, 2.24) is 0 Å². The van der Waals surface area contributed by atoms with Gasteiger partial charge >= 0.3 is 0 Å². The number of rotatable bonds is 2. The topological polar surface area (TPSA) is 68.3 Å². The van der Waals surface area contributed by atoms with E-state index in [0.29, 0.717) is 19.3 Å². The Labute approximate surface area is 100 Å². The van der Waals surface area contributed by atoms with E-state index < -0.39 is 23.3 Å². The van der Waals surface area contributed by atoms with Crippen molar-refractivity contribution in [2.45, 2.75) is 33.1 Å². The van der Waals surface area contributed by atoms with Crippen molar-refractivity contribution >= 4 is 23.1 Å². The highest BCUT2D eigenvalue weighted by Crippen LogP contribution is 2.22. The van der Waals surface area contributed by atoms with Gasteiger partial charge in [0.05, 0.1) is 0 Å². The number of ketones is 4. The maximum absolute atomic E-state index is 11.7. The van der Waals surface area contributed by atoms with E-state index in [9.17, 15) is 19.2 Å². The number of carbonyl (C=O) groups excluding carboxylic acids is 4. The molecule has 1 aliphatic rings. The highest BCUT2D eigenvalue weighted by molar-refractivity contribution is 6.66. The third-order valence-electron chi connectivity index (χ3n) is 3.17. The first-order valence-electron chi connectivity index (χ1n) is 5.85. The van der Waals surface area contributed by atoms with Crippen LogP contribution in [0.1, 0.15) is 33.1 Å². The zero-order valence-electron chi connectivity index (χ0n) is 10.1. The molecular formula is C13H16O4. The molecular weight excluding hydrogens is 220 g/mol. The fraction of sp³-hybridized carbons (Fsp3) is 0.538. The van der Waals surface area contributed by atoms with Gasteiger partial charge in [0.2, 0.25) is 11.6 Å². The second-order valence-electron chi connectivity index (χ2n) is 4.24. The van der Waals surface area contributed by atoms with Crippen molar-refractivity contribution in [1.29, 1.82) is 0 Å². The zero-order valence-corrected chi connectivity index (χ0v) is 10.1. The van der Waals surface area contributed by atoms with Crippen LogP contribution in [0.2, 0.25) is 0 Å². The van der Waals surface area contributed by atoms with E-state index >= 15 is 0 Å². The van der Waals surface area contributed by atoms with Crippen molar-refractivity contribution < 1.29 is 19.2 Å². The Morgan fingerprint density at radius 1 is 1.00 bits per heavy atom. The van der Waals surface area contributed by atoms with Gasteiger partial charge in [0, 0.05) is 11.8 Å². The van der Waals surface area contributed by atoms with Crippen molar-refractivity contribution in [3.05, 3.63) is 12.2 Å². The Hall–Kier alpha value is -1.58. The molecule has 0 aromatic heterocycles. The Balaban J connectivity index is 3.09. The average Bonchev–Trinajstić information content (AvgIpc) is 2.37. The van der Waals surface area contributed by atoms with E-state index in [4.69, 9.17) is 0 Å². The Kier molecular flexibility index (Phi) is 4.49. The molecule has 4 heteroatoms. The van der Waals surface area contributed by atoms with Gasteiger partial charge in [-0.05, 0) is 31.4 Å². The summed E-state index contributed by atoms with van der Waals surface area (Å²) >= 11 is 0. The summed E-state index contributed by atoms with van der Waals surface area (Å²) in [6, 6.07) is 0. The van der Waals surface area contributed by atoms with Crippen LogP contribution in [0.3, 0.4) is 0 Å². The highest BCUT2D eigenvalue weighted by Gasteiger charge is 2.32. The molecule has 1 aliphatic carbocycles. The van der Waals surface area contributed by atoms with Gasteiger partial charge in [-0.3, -0.25) is 19.2 Å². The first kappa shape index (κ1) is 13.5. The standard InChI is InChI=1S/C13H16O4/c1-3-8-7-9(4-2)12(16)13(17)11(15)6-5-10(8)14/h5-6,8-9H,3-4,7H2,1-2H3. The molecule has 0 aromatic carbocycles. The number of carbonyl (C=O) groups is 4. The average molecular weight is 236 g/mol. The molecule has 17 heavy (non-hydrogen) atoms. The summed E-state index contributed by atoms with van der Waals surface area (Å²) < 4.78 is 0. The molecule has 2 unspecified atom stereocenters. The first-order valence-corrected chi connectivity index (χ1v) is 5.85. The molecule has 0 radical (unpaired) electrons. The molecule has 0 fully saturated rings. The predicted octanol–water partition coefficient (Wildman–Crippen LogP) is 1.28. The summed E-state index contributed by atoms with van der Waals surface area (Å²) in [4.78, 5) is 46.2. The lowest BCUT2D eigenvalue weighted by molar-refractivity contribution is -0.144. The Morgan fingerprint density at radius 3 is 2.12 bits per heavy atom. The van der Waals surface area contributed by atoms with Crippen molar-refractivity contribution in [2.24, 2.45) is 11.8 Å². The summed E-state index contributed by atoms with van der Waals surface area (Å²) in [6.07, 6.45) is 3.48. The second kappa shape index (κ2) is 5.66. The molecule has 0 aromatic rings. The van der Waals surface area contributed by atoms with Gasteiger partial charge in [-0.15, -0.1) is 0 Å². The van der Waals surface area contributed by atoms with Crippen LogP contribution < -0.4 is 0 Å². The van der Waals surface area contributed by atoms with Crippen LogP contribution in [0.4, 0.5) is 0 Å². The smallest absolute Gasteiger partial charge is 0.268 e. The van der Waals surface area contributed by atoms with E-state index in [1.54, 1.807) is 6.92 Å². The van der Waals surface area contributed by atoms with E-state index in [1.165, 1.54) is 0 Å². The molecule has 0 spiro atoms. The first-order chi connectivity index (χ1) is 8.01. The van der Waals surface area contributed by atoms with Gasteiger partial charge in [0.25, 0.3) is 5.78 Å². The Bertz CT molecular complexity index is 392. The molecule has 2 atom stereocenters. The van der Waals surface area contributed by atoms with Gasteiger partial charge in [-0.2, -0.15) is 0 Å². The molecule has 0 aliphatic heterocycles. The molecule has 0 N–H and O–H groups in total. The summed E-state index contributed by atoms with van der Waals surface area (Å²) in [5, 5.41) is 0. The third-order valence-corrected chi connectivity index (χ3v) is 3.17. The van der Waals surface area contributed by atoms with Crippen LogP contribution in [-0.4, -0.2) is 23.1 Å². The lowest BCUT2D eigenvalue weighted by Crippen LogP contribution is -2.29. The van der Waals surface area contributed by atoms with Gasteiger partial charge in [0.15, 0.2) is 5.78 Å². The molecule has 4 nitrogen and oxygen atoms in total. The van der Waals surface area contributed by atoms with Gasteiger partial charge in [-0.25, -0.2) is 0 Å². The van der Waals surface area contributed by atoms with Gasteiger partial charge < -0.3 is 0 Å². The maximum Gasteiger partial charge on any atom is 0.268 e. The van der Waals surface area contributed by atoms with Crippen LogP contribution in [0.25, 0.3) is 0 Å². The summed E-state index contributed by atoms with van der Waals surface area (Å²) in [7, 11) is 0.